The summed E-state index contributed by atoms with van der Waals surface area (Å²) in [5.74, 6) is 0.0466. The summed E-state index contributed by atoms with van der Waals surface area (Å²) < 4.78 is 0. The first-order chi connectivity index (χ1) is 6.56. The molecule has 0 bridgehead atoms. The van der Waals surface area contributed by atoms with Gasteiger partial charge in [-0.15, -0.1) is 0 Å². The molecule has 0 amide bonds. The number of rotatable bonds is 3. The second-order valence-corrected chi connectivity index (χ2v) is 4.25. The van der Waals surface area contributed by atoms with E-state index in [1.54, 1.807) is 0 Å². The number of ketones is 1. The van der Waals surface area contributed by atoms with E-state index in [0.717, 1.165) is 16.7 Å². The number of halogens is 1. The van der Waals surface area contributed by atoms with Gasteiger partial charge in [-0.1, -0.05) is 39.7 Å². The van der Waals surface area contributed by atoms with E-state index < -0.39 is 0 Å². The van der Waals surface area contributed by atoms with Gasteiger partial charge in [-0.3, -0.25) is 4.79 Å². The molecule has 0 aliphatic heterocycles. The van der Waals surface area contributed by atoms with Crippen LogP contribution in [-0.4, -0.2) is 10.9 Å². The molecule has 0 saturated carbocycles. The molecule has 1 aromatic rings. The van der Waals surface area contributed by atoms with Crippen molar-refractivity contribution in [3.8, 4) is 0 Å². The van der Waals surface area contributed by atoms with E-state index in [-0.39, 0.29) is 17.2 Å². The van der Waals surface area contributed by atoms with Crippen LogP contribution >= 0.6 is 15.9 Å². The second-order valence-electron chi connectivity index (χ2n) is 3.33. The van der Waals surface area contributed by atoms with Gasteiger partial charge < -0.3 is 5.11 Å². The number of alkyl halides is 1. The second kappa shape index (κ2) is 4.71. The average molecular weight is 257 g/mol. The summed E-state index contributed by atoms with van der Waals surface area (Å²) in [6.07, 6.45) is 0. The van der Waals surface area contributed by atoms with Gasteiger partial charge in [0.05, 0.1) is 11.4 Å². The Morgan fingerprint density at radius 3 is 2.71 bits per heavy atom. The fourth-order valence-electron chi connectivity index (χ4n) is 1.31. The maximum absolute atomic E-state index is 11.2. The minimum Gasteiger partial charge on any atom is -0.392 e. The Hall–Kier alpha value is -0.670. The predicted octanol–water partition coefficient (Wildman–Crippen LogP) is 2.51. The summed E-state index contributed by atoms with van der Waals surface area (Å²) in [5, 5.41) is 9.11. The van der Waals surface area contributed by atoms with Crippen molar-refractivity contribution in [1.29, 1.82) is 0 Å². The summed E-state index contributed by atoms with van der Waals surface area (Å²) in [5.41, 5.74) is 2.75. The van der Waals surface area contributed by atoms with E-state index in [0.29, 0.717) is 0 Å². The highest BCUT2D eigenvalue weighted by atomic mass is 79.9. The molecule has 0 heterocycles. The van der Waals surface area contributed by atoms with Crippen LogP contribution in [-0.2, 0) is 11.4 Å². The van der Waals surface area contributed by atoms with Gasteiger partial charge in [0.1, 0.15) is 5.78 Å². The van der Waals surface area contributed by atoms with E-state index in [9.17, 15) is 4.79 Å². The zero-order valence-corrected chi connectivity index (χ0v) is 9.84. The topological polar surface area (TPSA) is 37.3 Å². The van der Waals surface area contributed by atoms with Crippen LogP contribution in [0.5, 0.6) is 0 Å². The van der Waals surface area contributed by atoms with Crippen LogP contribution in [0.25, 0.3) is 0 Å². The van der Waals surface area contributed by atoms with Crippen LogP contribution in [0.2, 0.25) is 0 Å². The molecule has 0 aliphatic rings. The molecule has 76 valence electrons. The van der Waals surface area contributed by atoms with Crippen LogP contribution in [0.3, 0.4) is 0 Å². The van der Waals surface area contributed by atoms with Gasteiger partial charge in [0.2, 0.25) is 0 Å². The molecule has 3 heteroatoms. The first kappa shape index (κ1) is 11.4. The third kappa shape index (κ3) is 2.42. The van der Waals surface area contributed by atoms with Crippen molar-refractivity contribution >= 4 is 21.7 Å². The fourth-order valence-corrected chi connectivity index (χ4v) is 1.74. The largest absolute Gasteiger partial charge is 0.392 e. The summed E-state index contributed by atoms with van der Waals surface area (Å²) in [6.45, 7) is 3.46. The number of aliphatic hydroxyl groups excluding tert-OH is 1. The molecule has 14 heavy (non-hydrogen) atoms. The quantitative estimate of drug-likeness (QED) is 0.845. The maximum Gasteiger partial charge on any atom is 0.147 e. The molecule has 2 nitrogen and oxygen atoms in total. The SMILES string of the molecule is CC(=O)C(Br)c1cc(C)ccc1CO. The molecule has 0 radical (unpaired) electrons. The number of carbonyl (C=O) groups excluding carboxylic acids is 1. The Kier molecular flexibility index (Phi) is 3.84. The van der Waals surface area contributed by atoms with Crippen molar-refractivity contribution in [3.63, 3.8) is 0 Å². The monoisotopic (exact) mass is 256 g/mol. The first-order valence-corrected chi connectivity index (χ1v) is 5.32. The Labute approximate surface area is 92.1 Å². The molecule has 0 fully saturated rings. The van der Waals surface area contributed by atoms with E-state index in [4.69, 9.17) is 5.11 Å². The van der Waals surface area contributed by atoms with Gasteiger partial charge >= 0.3 is 0 Å². The van der Waals surface area contributed by atoms with E-state index >= 15 is 0 Å². The lowest BCUT2D eigenvalue weighted by atomic mass is 10.0. The van der Waals surface area contributed by atoms with Crippen molar-refractivity contribution in [2.75, 3.05) is 0 Å². The number of carbonyl (C=O) groups is 1. The Morgan fingerprint density at radius 1 is 1.57 bits per heavy atom. The van der Waals surface area contributed by atoms with Gasteiger partial charge in [0, 0.05) is 0 Å². The van der Waals surface area contributed by atoms with E-state index in [1.165, 1.54) is 6.92 Å². The highest BCUT2D eigenvalue weighted by Crippen LogP contribution is 2.27. The number of benzene rings is 1. The molecular weight excluding hydrogens is 244 g/mol. The number of hydrogen-bond acceptors (Lipinski definition) is 2. The lowest BCUT2D eigenvalue weighted by Gasteiger charge is -2.12. The molecular formula is C11H13BrO2. The lowest BCUT2D eigenvalue weighted by molar-refractivity contribution is -0.116. The summed E-state index contributed by atoms with van der Waals surface area (Å²) in [4.78, 5) is 10.9. The molecule has 1 N–H and O–H groups in total. The third-order valence-electron chi connectivity index (χ3n) is 2.10. The van der Waals surface area contributed by atoms with Crippen molar-refractivity contribution in [2.24, 2.45) is 0 Å². The Bertz CT molecular complexity index is 347. The highest BCUT2D eigenvalue weighted by Gasteiger charge is 2.15. The first-order valence-electron chi connectivity index (χ1n) is 4.41. The summed E-state index contributed by atoms with van der Waals surface area (Å²) in [6, 6.07) is 5.70. The van der Waals surface area contributed by atoms with Crippen molar-refractivity contribution in [2.45, 2.75) is 25.3 Å². The normalized spacial score (nSPS) is 12.6. The minimum atomic E-state index is -0.315. The number of aliphatic hydroxyl groups is 1. The molecule has 1 atom stereocenters. The van der Waals surface area contributed by atoms with Crippen LogP contribution in [0, 0.1) is 6.92 Å². The number of Topliss-reactive ketones (excluding diaryl/α,β-unsaturated/α-hetero) is 1. The zero-order valence-electron chi connectivity index (χ0n) is 8.25. The maximum atomic E-state index is 11.2. The summed E-state index contributed by atoms with van der Waals surface area (Å²) in [7, 11) is 0. The van der Waals surface area contributed by atoms with Gasteiger partial charge in [0.25, 0.3) is 0 Å². The third-order valence-corrected chi connectivity index (χ3v) is 3.24. The van der Waals surface area contributed by atoms with Gasteiger partial charge in [-0.2, -0.15) is 0 Å². The summed E-state index contributed by atoms with van der Waals surface area (Å²) >= 11 is 3.32. The highest BCUT2D eigenvalue weighted by molar-refractivity contribution is 9.09. The van der Waals surface area contributed by atoms with Crippen molar-refractivity contribution in [1.82, 2.24) is 0 Å². The molecule has 0 aromatic heterocycles. The van der Waals surface area contributed by atoms with E-state index in [2.05, 4.69) is 15.9 Å². The van der Waals surface area contributed by atoms with Gasteiger partial charge in [-0.25, -0.2) is 0 Å². The molecule has 0 saturated heterocycles. The molecule has 0 spiro atoms. The molecule has 1 aromatic carbocycles. The van der Waals surface area contributed by atoms with E-state index in [1.807, 2.05) is 25.1 Å². The molecule has 1 unspecified atom stereocenters. The van der Waals surface area contributed by atoms with Gasteiger partial charge in [-0.05, 0) is 25.0 Å². The Morgan fingerprint density at radius 2 is 2.21 bits per heavy atom. The fraction of sp³-hybridized carbons (Fsp3) is 0.364. The number of hydrogen-bond donors (Lipinski definition) is 1. The molecule has 1 rings (SSSR count). The minimum absolute atomic E-state index is 0.0367. The van der Waals surface area contributed by atoms with Crippen molar-refractivity contribution in [3.05, 3.63) is 34.9 Å². The zero-order chi connectivity index (χ0) is 10.7. The van der Waals surface area contributed by atoms with Crippen molar-refractivity contribution < 1.29 is 9.90 Å². The van der Waals surface area contributed by atoms with Gasteiger partial charge in [0.15, 0.2) is 0 Å². The van der Waals surface area contributed by atoms with Crippen LogP contribution in [0.15, 0.2) is 18.2 Å². The standard InChI is InChI=1S/C11H13BrO2/c1-7-3-4-9(6-13)10(5-7)11(12)8(2)14/h3-5,11,13H,6H2,1-2H3. The van der Waals surface area contributed by atoms with Crippen LogP contribution in [0.4, 0.5) is 0 Å². The van der Waals surface area contributed by atoms with Crippen LogP contribution < -0.4 is 0 Å². The Balaban J connectivity index is 3.16. The smallest absolute Gasteiger partial charge is 0.147 e. The average Bonchev–Trinajstić information content (AvgIpc) is 2.16. The number of aryl methyl sites for hydroxylation is 1. The lowest BCUT2D eigenvalue weighted by Crippen LogP contribution is -2.05. The predicted molar refractivity (Wildman–Crippen MR) is 59.5 cm³/mol. The van der Waals surface area contributed by atoms with Crippen LogP contribution in [0.1, 0.15) is 28.4 Å². The molecule has 0 aliphatic carbocycles.